The van der Waals surface area contributed by atoms with Gasteiger partial charge < -0.3 is 30.2 Å². The molecule has 0 radical (unpaired) electrons. The number of methoxy groups -OCH3 is 2. The van der Waals surface area contributed by atoms with Crippen LogP contribution in [-0.4, -0.2) is 44.3 Å². The minimum atomic E-state index is -0.592. The number of ether oxygens (including phenoxy) is 3. The van der Waals surface area contributed by atoms with E-state index >= 15 is 0 Å². The molecule has 2 aromatic carbocycles. The van der Waals surface area contributed by atoms with Gasteiger partial charge in [-0.15, -0.1) is 0 Å². The molecule has 0 fully saturated rings. The summed E-state index contributed by atoms with van der Waals surface area (Å²) < 4.78 is 15.5. The Labute approximate surface area is 193 Å². The highest BCUT2D eigenvalue weighted by atomic mass is 16.6. The fraction of sp³-hybridized carbons (Fsp3) is 0.375. The molecule has 0 atom stereocenters. The van der Waals surface area contributed by atoms with Crippen molar-refractivity contribution in [1.82, 2.24) is 10.6 Å². The first-order valence-corrected chi connectivity index (χ1v) is 10.5. The third kappa shape index (κ3) is 9.10. The summed E-state index contributed by atoms with van der Waals surface area (Å²) in [6, 6.07) is 12.1. The van der Waals surface area contributed by atoms with E-state index in [2.05, 4.69) is 16.0 Å². The van der Waals surface area contributed by atoms with Crippen LogP contribution >= 0.6 is 0 Å². The number of carbonyl (C=O) groups is 3. The number of anilines is 1. The van der Waals surface area contributed by atoms with Crippen LogP contribution in [0.25, 0.3) is 0 Å². The maximum atomic E-state index is 12.7. The summed E-state index contributed by atoms with van der Waals surface area (Å²) in [5, 5.41) is 8.16. The Bertz CT molecular complexity index is 962. The Kier molecular flexibility index (Phi) is 9.08. The Hall–Kier alpha value is -3.75. The van der Waals surface area contributed by atoms with Crippen molar-refractivity contribution in [2.75, 3.05) is 26.1 Å². The third-order valence-electron chi connectivity index (χ3n) is 4.31. The van der Waals surface area contributed by atoms with E-state index in [9.17, 15) is 14.4 Å². The van der Waals surface area contributed by atoms with Crippen LogP contribution in [0.3, 0.4) is 0 Å². The lowest BCUT2D eigenvalue weighted by molar-refractivity contribution is -0.121. The Morgan fingerprint density at radius 2 is 1.58 bits per heavy atom. The molecule has 0 aliphatic rings. The van der Waals surface area contributed by atoms with Gasteiger partial charge in [-0.25, -0.2) is 4.79 Å². The molecular formula is C24H31N3O6. The van der Waals surface area contributed by atoms with E-state index in [0.29, 0.717) is 22.7 Å². The molecule has 0 heterocycles. The maximum absolute atomic E-state index is 12.7. The molecule has 3 N–H and O–H groups in total. The van der Waals surface area contributed by atoms with Crippen molar-refractivity contribution in [3.05, 3.63) is 53.6 Å². The van der Waals surface area contributed by atoms with E-state index in [1.54, 1.807) is 57.2 Å². The number of hydrogen-bond donors (Lipinski definition) is 3. The van der Waals surface area contributed by atoms with E-state index in [1.807, 2.05) is 6.07 Å². The normalized spacial score (nSPS) is 10.7. The SMILES string of the molecule is COc1cc(OC)cc(C(=O)Nc2cccc(CNC(=O)CCNC(=O)OC(C)(C)C)c2)c1. The van der Waals surface area contributed by atoms with Gasteiger partial charge in [-0.05, 0) is 50.6 Å². The molecule has 33 heavy (non-hydrogen) atoms. The molecule has 0 bridgehead atoms. The number of nitrogens with one attached hydrogen (secondary N) is 3. The standard InChI is InChI=1S/C24H31N3O6/c1-24(2,3)33-23(30)25-10-9-21(28)26-15-16-7-6-8-18(11-16)27-22(29)17-12-19(31-4)14-20(13-17)32-5/h6-8,11-14H,9-10,15H2,1-5H3,(H,25,30)(H,26,28)(H,27,29). The minimum Gasteiger partial charge on any atom is -0.497 e. The van der Waals surface area contributed by atoms with Crippen molar-refractivity contribution in [1.29, 1.82) is 0 Å². The van der Waals surface area contributed by atoms with Gasteiger partial charge in [0, 0.05) is 36.8 Å². The van der Waals surface area contributed by atoms with Crippen LogP contribution in [0.15, 0.2) is 42.5 Å². The van der Waals surface area contributed by atoms with Gasteiger partial charge in [0.1, 0.15) is 17.1 Å². The maximum Gasteiger partial charge on any atom is 0.407 e. The summed E-state index contributed by atoms with van der Waals surface area (Å²) >= 11 is 0. The van der Waals surface area contributed by atoms with Gasteiger partial charge in [-0.1, -0.05) is 12.1 Å². The van der Waals surface area contributed by atoms with E-state index in [-0.39, 0.29) is 31.3 Å². The van der Waals surface area contributed by atoms with Crippen LogP contribution in [0.1, 0.15) is 43.1 Å². The van der Waals surface area contributed by atoms with Crippen molar-refractivity contribution >= 4 is 23.6 Å². The van der Waals surface area contributed by atoms with Crippen LogP contribution in [0, 0.1) is 0 Å². The van der Waals surface area contributed by atoms with Crippen LogP contribution in [0.4, 0.5) is 10.5 Å². The number of alkyl carbamates (subject to hydrolysis) is 1. The van der Waals surface area contributed by atoms with Gasteiger partial charge >= 0.3 is 6.09 Å². The fourth-order valence-corrected chi connectivity index (χ4v) is 2.78. The van der Waals surface area contributed by atoms with Gasteiger partial charge in [-0.3, -0.25) is 9.59 Å². The van der Waals surface area contributed by atoms with Gasteiger partial charge in [0.15, 0.2) is 0 Å². The van der Waals surface area contributed by atoms with Gasteiger partial charge in [0.25, 0.3) is 5.91 Å². The highest BCUT2D eigenvalue weighted by molar-refractivity contribution is 6.04. The molecule has 2 aromatic rings. The summed E-state index contributed by atoms with van der Waals surface area (Å²) in [5.41, 5.74) is 1.19. The van der Waals surface area contributed by atoms with Gasteiger partial charge in [0.2, 0.25) is 5.91 Å². The summed E-state index contributed by atoms with van der Waals surface area (Å²) in [6.07, 6.45) is -0.444. The van der Waals surface area contributed by atoms with Crippen molar-refractivity contribution < 1.29 is 28.6 Å². The Balaban J connectivity index is 1.86. The molecule has 0 aliphatic heterocycles. The smallest absolute Gasteiger partial charge is 0.407 e. The monoisotopic (exact) mass is 457 g/mol. The Morgan fingerprint density at radius 1 is 0.909 bits per heavy atom. The number of amides is 3. The zero-order valence-electron chi connectivity index (χ0n) is 19.6. The van der Waals surface area contributed by atoms with Crippen molar-refractivity contribution in [3.63, 3.8) is 0 Å². The highest BCUT2D eigenvalue weighted by Gasteiger charge is 2.16. The topological polar surface area (TPSA) is 115 Å². The fourth-order valence-electron chi connectivity index (χ4n) is 2.78. The molecule has 0 unspecified atom stereocenters. The second-order valence-corrected chi connectivity index (χ2v) is 8.21. The summed E-state index contributed by atoms with van der Waals surface area (Å²) in [6.45, 7) is 5.75. The molecule has 178 valence electrons. The molecule has 0 saturated carbocycles. The predicted molar refractivity (Wildman–Crippen MR) is 125 cm³/mol. The van der Waals surface area contributed by atoms with Crippen LogP contribution in [-0.2, 0) is 16.1 Å². The molecule has 0 spiro atoms. The molecule has 0 aromatic heterocycles. The lowest BCUT2D eigenvalue weighted by Crippen LogP contribution is -2.35. The van der Waals surface area contributed by atoms with E-state index in [4.69, 9.17) is 14.2 Å². The van der Waals surface area contributed by atoms with Crippen LogP contribution in [0.5, 0.6) is 11.5 Å². The lowest BCUT2D eigenvalue weighted by Gasteiger charge is -2.19. The minimum absolute atomic E-state index is 0.118. The number of hydrogen-bond acceptors (Lipinski definition) is 6. The Morgan fingerprint density at radius 3 is 2.18 bits per heavy atom. The molecule has 0 aliphatic carbocycles. The van der Waals surface area contributed by atoms with E-state index < -0.39 is 11.7 Å². The van der Waals surface area contributed by atoms with Crippen molar-refractivity contribution in [3.8, 4) is 11.5 Å². The zero-order valence-corrected chi connectivity index (χ0v) is 19.6. The molecular weight excluding hydrogens is 426 g/mol. The number of benzene rings is 2. The molecule has 9 heteroatoms. The predicted octanol–water partition coefficient (Wildman–Crippen LogP) is 3.49. The molecule has 0 saturated heterocycles. The summed E-state index contributed by atoms with van der Waals surface area (Å²) in [7, 11) is 3.03. The summed E-state index contributed by atoms with van der Waals surface area (Å²) in [5.74, 6) is 0.486. The highest BCUT2D eigenvalue weighted by Crippen LogP contribution is 2.23. The van der Waals surface area contributed by atoms with Crippen LogP contribution in [0.2, 0.25) is 0 Å². The van der Waals surface area contributed by atoms with E-state index in [0.717, 1.165) is 5.56 Å². The number of rotatable bonds is 9. The largest absolute Gasteiger partial charge is 0.497 e. The first-order chi connectivity index (χ1) is 15.6. The number of carbonyl (C=O) groups excluding carboxylic acids is 3. The first kappa shape index (κ1) is 25.5. The third-order valence-corrected chi connectivity index (χ3v) is 4.31. The summed E-state index contributed by atoms with van der Waals surface area (Å²) in [4.78, 5) is 36.3. The average molecular weight is 458 g/mol. The quantitative estimate of drug-likeness (QED) is 0.531. The molecule has 2 rings (SSSR count). The zero-order chi connectivity index (χ0) is 24.4. The van der Waals surface area contributed by atoms with Crippen molar-refractivity contribution in [2.24, 2.45) is 0 Å². The molecule has 3 amide bonds. The second-order valence-electron chi connectivity index (χ2n) is 8.21. The van der Waals surface area contributed by atoms with Crippen molar-refractivity contribution in [2.45, 2.75) is 39.3 Å². The average Bonchev–Trinajstić information content (AvgIpc) is 2.76. The first-order valence-electron chi connectivity index (χ1n) is 10.5. The lowest BCUT2D eigenvalue weighted by atomic mass is 10.1. The molecule has 9 nitrogen and oxygen atoms in total. The second kappa shape index (κ2) is 11.8. The van der Waals surface area contributed by atoms with Gasteiger partial charge in [0.05, 0.1) is 14.2 Å². The van der Waals surface area contributed by atoms with Crippen LogP contribution < -0.4 is 25.4 Å². The van der Waals surface area contributed by atoms with E-state index in [1.165, 1.54) is 14.2 Å². The van der Waals surface area contributed by atoms with Gasteiger partial charge in [-0.2, -0.15) is 0 Å².